The molecule has 2 N–H and O–H groups in total. The van der Waals surface area contributed by atoms with Gasteiger partial charge in [0.15, 0.2) is 11.5 Å². The molecule has 0 fully saturated rings. The third-order valence-electron chi connectivity index (χ3n) is 2.86. The first-order chi connectivity index (χ1) is 10.7. The fraction of sp³-hybridized carbons (Fsp3) is 0.471. The van der Waals surface area contributed by atoms with Gasteiger partial charge in [0.25, 0.3) is 0 Å². The minimum Gasteiger partial charge on any atom is -0.490 e. The van der Waals surface area contributed by atoms with Gasteiger partial charge >= 0.3 is 0 Å². The standard InChI is InChI=1S/C17H25NO4/c1-3-5-12-22-15-8-6-14(13-16(15)21-4-2)7-9-17(20)18-10-11-19/h6-9,13,19H,3-5,10-12H2,1-2H3,(H,18,20)/b9-7+. The Morgan fingerprint density at radius 2 is 2.09 bits per heavy atom. The van der Waals surface area contributed by atoms with E-state index in [1.807, 2.05) is 25.1 Å². The van der Waals surface area contributed by atoms with Crippen LogP contribution >= 0.6 is 0 Å². The van der Waals surface area contributed by atoms with E-state index < -0.39 is 0 Å². The van der Waals surface area contributed by atoms with Crippen LogP contribution in [0.5, 0.6) is 11.5 Å². The Morgan fingerprint density at radius 1 is 1.27 bits per heavy atom. The van der Waals surface area contributed by atoms with Crippen molar-refractivity contribution in [2.24, 2.45) is 0 Å². The number of unbranched alkanes of at least 4 members (excludes halogenated alkanes) is 1. The van der Waals surface area contributed by atoms with Gasteiger partial charge < -0.3 is 19.9 Å². The Labute approximate surface area is 131 Å². The fourth-order valence-corrected chi connectivity index (χ4v) is 1.75. The lowest BCUT2D eigenvalue weighted by Gasteiger charge is -2.12. The molecule has 1 aromatic rings. The molecule has 0 bridgehead atoms. The molecule has 122 valence electrons. The van der Waals surface area contributed by atoms with Crippen LogP contribution in [0.1, 0.15) is 32.3 Å². The SMILES string of the molecule is CCCCOc1ccc(/C=C/C(=O)NCCO)cc1OCC. The van der Waals surface area contributed by atoms with Crippen LogP contribution in [0, 0.1) is 0 Å². The van der Waals surface area contributed by atoms with Crippen molar-refractivity contribution in [2.45, 2.75) is 26.7 Å². The zero-order valence-corrected chi connectivity index (χ0v) is 13.3. The zero-order chi connectivity index (χ0) is 16.2. The van der Waals surface area contributed by atoms with Crippen LogP contribution < -0.4 is 14.8 Å². The monoisotopic (exact) mass is 307 g/mol. The average Bonchev–Trinajstić information content (AvgIpc) is 2.53. The molecule has 5 heteroatoms. The van der Waals surface area contributed by atoms with Crippen molar-refractivity contribution in [2.75, 3.05) is 26.4 Å². The van der Waals surface area contributed by atoms with Gasteiger partial charge in [-0.05, 0) is 37.1 Å². The number of carbonyl (C=O) groups is 1. The molecule has 0 aliphatic carbocycles. The first kappa shape index (κ1) is 18.0. The van der Waals surface area contributed by atoms with Crippen molar-refractivity contribution in [1.29, 1.82) is 0 Å². The maximum absolute atomic E-state index is 11.5. The molecule has 22 heavy (non-hydrogen) atoms. The van der Waals surface area contributed by atoms with Crippen LogP contribution in [0.2, 0.25) is 0 Å². The van der Waals surface area contributed by atoms with Gasteiger partial charge in [0.1, 0.15) is 0 Å². The lowest BCUT2D eigenvalue weighted by Crippen LogP contribution is -2.24. The van der Waals surface area contributed by atoms with Gasteiger partial charge in [0, 0.05) is 12.6 Å². The van der Waals surface area contributed by atoms with Gasteiger partial charge in [0.2, 0.25) is 5.91 Å². The van der Waals surface area contributed by atoms with Crippen LogP contribution in [-0.2, 0) is 4.79 Å². The van der Waals surface area contributed by atoms with Crippen LogP contribution in [0.4, 0.5) is 0 Å². The number of rotatable bonds is 10. The highest BCUT2D eigenvalue weighted by molar-refractivity contribution is 5.91. The van der Waals surface area contributed by atoms with Crippen molar-refractivity contribution in [3.8, 4) is 11.5 Å². The molecule has 0 aliphatic rings. The van der Waals surface area contributed by atoms with Crippen molar-refractivity contribution in [3.05, 3.63) is 29.8 Å². The lowest BCUT2D eigenvalue weighted by atomic mass is 10.2. The summed E-state index contributed by atoms with van der Waals surface area (Å²) in [5.41, 5.74) is 0.852. The molecular weight excluding hydrogens is 282 g/mol. The highest BCUT2D eigenvalue weighted by Crippen LogP contribution is 2.29. The third-order valence-corrected chi connectivity index (χ3v) is 2.86. The summed E-state index contributed by atoms with van der Waals surface area (Å²) in [5.74, 6) is 1.16. The van der Waals surface area contributed by atoms with E-state index >= 15 is 0 Å². The average molecular weight is 307 g/mol. The molecule has 0 atom stereocenters. The number of carbonyl (C=O) groups excluding carboxylic acids is 1. The lowest BCUT2D eigenvalue weighted by molar-refractivity contribution is -0.116. The molecule has 0 saturated carbocycles. The normalized spacial score (nSPS) is 10.7. The molecule has 0 spiro atoms. The summed E-state index contributed by atoms with van der Waals surface area (Å²) in [6.45, 7) is 5.42. The molecule has 0 unspecified atom stereocenters. The molecule has 0 heterocycles. The summed E-state index contributed by atoms with van der Waals surface area (Å²) in [6.07, 6.45) is 5.20. The fourth-order valence-electron chi connectivity index (χ4n) is 1.75. The van der Waals surface area contributed by atoms with Crippen molar-refractivity contribution < 1.29 is 19.4 Å². The molecule has 5 nitrogen and oxygen atoms in total. The van der Waals surface area contributed by atoms with Crippen molar-refractivity contribution >= 4 is 12.0 Å². The Morgan fingerprint density at radius 3 is 2.77 bits per heavy atom. The summed E-state index contributed by atoms with van der Waals surface area (Å²) >= 11 is 0. The molecule has 1 amide bonds. The summed E-state index contributed by atoms with van der Waals surface area (Å²) in [6, 6.07) is 5.58. The molecular formula is C17H25NO4. The molecule has 0 aliphatic heterocycles. The van der Waals surface area contributed by atoms with Crippen LogP contribution in [0.3, 0.4) is 0 Å². The number of benzene rings is 1. The summed E-state index contributed by atoms with van der Waals surface area (Å²) in [7, 11) is 0. The molecule has 0 radical (unpaired) electrons. The number of aliphatic hydroxyl groups excluding tert-OH is 1. The van der Waals surface area contributed by atoms with Gasteiger partial charge in [-0.15, -0.1) is 0 Å². The van der Waals surface area contributed by atoms with E-state index in [1.165, 1.54) is 6.08 Å². The predicted molar refractivity (Wildman–Crippen MR) is 87.1 cm³/mol. The second-order valence-electron chi connectivity index (χ2n) is 4.69. The van der Waals surface area contributed by atoms with E-state index in [4.69, 9.17) is 14.6 Å². The minimum atomic E-state index is -0.240. The van der Waals surface area contributed by atoms with Crippen molar-refractivity contribution in [3.63, 3.8) is 0 Å². The second-order valence-corrected chi connectivity index (χ2v) is 4.69. The Balaban J connectivity index is 2.74. The number of hydrogen-bond donors (Lipinski definition) is 2. The molecule has 1 rings (SSSR count). The molecule has 0 aromatic heterocycles. The first-order valence-corrected chi connectivity index (χ1v) is 7.67. The van der Waals surface area contributed by atoms with Crippen LogP contribution in [0.15, 0.2) is 24.3 Å². The van der Waals surface area contributed by atoms with Gasteiger partial charge in [-0.3, -0.25) is 4.79 Å². The Hall–Kier alpha value is -2.01. The number of amides is 1. The van der Waals surface area contributed by atoms with Crippen LogP contribution in [0.25, 0.3) is 6.08 Å². The predicted octanol–water partition coefficient (Wildman–Crippen LogP) is 2.39. The third kappa shape index (κ3) is 6.63. The highest BCUT2D eigenvalue weighted by Gasteiger charge is 2.05. The minimum absolute atomic E-state index is 0.0716. The summed E-state index contributed by atoms with van der Waals surface area (Å²) in [5, 5.41) is 11.2. The van der Waals surface area contributed by atoms with E-state index in [0.29, 0.717) is 19.0 Å². The van der Waals surface area contributed by atoms with Gasteiger partial charge in [-0.25, -0.2) is 0 Å². The smallest absolute Gasteiger partial charge is 0.244 e. The zero-order valence-electron chi connectivity index (χ0n) is 13.3. The number of ether oxygens (including phenoxy) is 2. The first-order valence-electron chi connectivity index (χ1n) is 7.67. The van der Waals surface area contributed by atoms with E-state index in [-0.39, 0.29) is 19.1 Å². The highest BCUT2D eigenvalue weighted by atomic mass is 16.5. The number of nitrogens with one attached hydrogen (secondary N) is 1. The van der Waals surface area contributed by atoms with E-state index in [9.17, 15) is 4.79 Å². The molecule has 0 saturated heterocycles. The van der Waals surface area contributed by atoms with E-state index in [1.54, 1.807) is 6.08 Å². The largest absolute Gasteiger partial charge is 0.490 e. The van der Waals surface area contributed by atoms with Gasteiger partial charge in [-0.1, -0.05) is 19.4 Å². The Bertz CT molecular complexity index is 486. The van der Waals surface area contributed by atoms with Crippen molar-refractivity contribution in [1.82, 2.24) is 5.32 Å². The number of aliphatic hydroxyl groups is 1. The quantitative estimate of drug-likeness (QED) is 0.514. The second kappa shape index (κ2) is 10.7. The summed E-state index contributed by atoms with van der Waals surface area (Å²) in [4.78, 5) is 11.5. The number of hydrogen-bond acceptors (Lipinski definition) is 4. The van der Waals surface area contributed by atoms with Crippen LogP contribution in [-0.4, -0.2) is 37.4 Å². The van der Waals surface area contributed by atoms with E-state index in [0.717, 1.165) is 24.2 Å². The Kier molecular flexibility index (Phi) is 8.76. The van der Waals surface area contributed by atoms with Gasteiger partial charge in [0.05, 0.1) is 19.8 Å². The van der Waals surface area contributed by atoms with E-state index in [2.05, 4.69) is 12.2 Å². The topological polar surface area (TPSA) is 67.8 Å². The molecule has 1 aromatic carbocycles. The maximum atomic E-state index is 11.5. The van der Waals surface area contributed by atoms with Gasteiger partial charge in [-0.2, -0.15) is 0 Å². The maximum Gasteiger partial charge on any atom is 0.244 e. The summed E-state index contributed by atoms with van der Waals surface area (Å²) < 4.78 is 11.3.